The molecule has 7 nitrogen and oxygen atoms in total. The van der Waals surface area contributed by atoms with Crippen LogP contribution in [0.4, 0.5) is 5.95 Å². The molecule has 0 unspecified atom stereocenters. The first-order valence-electron chi connectivity index (χ1n) is 6.09. The highest BCUT2D eigenvalue weighted by atomic mass is 32.2. The molecule has 0 spiro atoms. The molecule has 0 aliphatic carbocycles. The van der Waals surface area contributed by atoms with Gasteiger partial charge in [0.25, 0.3) is 0 Å². The topological polar surface area (TPSA) is 105 Å². The van der Waals surface area contributed by atoms with Crippen molar-refractivity contribution < 1.29 is 8.42 Å². The van der Waals surface area contributed by atoms with Crippen LogP contribution in [0, 0.1) is 6.92 Å². The molecule has 0 radical (unpaired) electrons. The van der Waals surface area contributed by atoms with Crippen molar-refractivity contribution in [1.29, 1.82) is 0 Å². The van der Waals surface area contributed by atoms with E-state index < -0.39 is 10.0 Å². The molecule has 0 aliphatic heterocycles. The van der Waals surface area contributed by atoms with Crippen LogP contribution < -0.4 is 5.73 Å². The Morgan fingerprint density at radius 3 is 2.50 bits per heavy atom. The van der Waals surface area contributed by atoms with Crippen molar-refractivity contribution in [2.75, 3.05) is 19.3 Å². The molecule has 2 aromatic rings. The number of nitrogen functional groups attached to an aromatic ring is 1. The third-order valence-corrected chi connectivity index (χ3v) is 4.81. The summed E-state index contributed by atoms with van der Waals surface area (Å²) in [6.45, 7) is 2.21. The van der Waals surface area contributed by atoms with E-state index in [2.05, 4.69) is 15.2 Å². The Balaban J connectivity index is 2.07. The lowest BCUT2D eigenvalue weighted by Gasteiger charge is -2.16. The number of nitrogens with one attached hydrogen (secondary N) is 1. The highest BCUT2D eigenvalue weighted by molar-refractivity contribution is 7.89. The second kappa shape index (κ2) is 5.59. The van der Waals surface area contributed by atoms with Gasteiger partial charge in [0.1, 0.15) is 5.82 Å². The van der Waals surface area contributed by atoms with Gasteiger partial charge in [-0.15, -0.1) is 5.10 Å². The third kappa shape index (κ3) is 3.14. The van der Waals surface area contributed by atoms with Crippen molar-refractivity contribution in [2.45, 2.75) is 18.2 Å². The average molecular weight is 295 g/mol. The molecule has 1 aromatic carbocycles. The Morgan fingerprint density at radius 2 is 1.95 bits per heavy atom. The monoisotopic (exact) mass is 295 g/mol. The number of hydrogen-bond acceptors (Lipinski definition) is 5. The van der Waals surface area contributed by atoms with Gasteiger partial charge >= 0.3 is 0 Å². The fourth-order valence-corrected chi connectivity index (χ4v) is 2.87. The van der Waals surface area contributed by atoms with Crippen LogP contribution in [0.15, 0.2) is 29.2 Å². The van der Waals surface area contributed by atoms with Crippen LogP contribution >= 0.6 is 0 Å². The molecule has 3 N–H and O–H groups in total. The molecule has 2 rings (SSSR count). The van der Waals surface area contributed by atoms with Crippen LogP contribution in [0.25, 0.3) is 0 Å². The van der Waals surface area contributed by atoms with Crippen LogP contribution in [-0.4, -0.2) is 41.5 Å². The summed E-state index contributed by atoms with van der Waals surface area (Å²) in [6.07, 6.45) is 0.422. The third-order valence-electron chi connectivity index (χ3n) is 2.94. The number of aromatic nitrogens is 3. The van der Waals surface area contributed by atoms with Crippen molar-refractivity contribution >= 4 is 16.0 Å². The molecule has 1 aromatic heterocycles. The van der Waals surface area contributed by atoms with E-state index >= 15 is 0 Å². The predicted octanol–water partition coefficient (Wildman–Crippen LogP) is 0.559. The lowest BCUT2D eigenvalue weighted by Crippen LogP contribution is -2.29. The van der Waals surface area contributed by atoms with Crippen molar-refractivity contribution in [3.8, 4) is 0 Å². The molecule has 0 amide bonds. The molecule has 0 fully saturated rings. The summed E-state index contributed by atoms with van der Waals surface area (Å²) in [4.78, 5) is 4.22. The second-order valence-electron chi connectivity index (χ2n) is 4.53. The van der Waals surface area contributed by atoms with Gasteiger partial charge in [-0.2, -0.15) is 4.98 Å². The molecule has 8 heteroatoms. The van der Waals surface area contributed by atoms with E-state index in [0.717, 1.165) is 5.56 Å². The number of H-pyrrole nitrogens is 1. The Labute approximate surface area is 117 Å². The SMILES string of the molecule is Cc1ccc(S(=O)(=O)N(C)CCc2nc(N)n[nH]2)cc1. The van der Waals surface area contributed by atoms with Gasteiger partial charge in [-0.05, 0) is 19.1 Å². The van der Waals surface area contributed by atoms with Crippen molar-refractivity contribution in [3.05, 3.63) is 35.7 Å². The van der Waals surface area contributed by atoms with Crippen LogP contribution in [0.2, 0.25) is 0 Å². The lowest BCUT2D eigenvalue weighted by molar-refractivity contribution is 0.469. The minimum absolute atomic E-state index is 0.157. The number of benzene rings is 1. The minimum atomic E-state index is -3.48. The summed E-state index contributed by atoms with van der Waals surface area (Å²) < 4.78 is 25.9. The first-order chi connectivity index (χ1) is 9.39. The van der Waals surface area contributed by atoms with Gasteiger partial charge in [0.05, 0.1) is 4.90 Å². The fourth-order valence-electron chi connectivity index (χ4n) is 1.70. The molecular weight excluding hydrogens is 278 g/mol. The summed E-state index contributed by atoms with van der Waals surface area (Å²) >= 11 is 0. The summed E-state index contributed by atoms with van der Waals surface area (Å²) in [5.41, 5.74) is 6.41. The lowest BCUT2D eigenvalue weighted by atomic mass is 10.2. The zero-order valence-electron chi connectivity index (χ0n) is 11.4. The average Bonchev–Trinajstić information content (AvgIpc) is 2.82. The quantitative estimate of drug-likeness (QED) is 0.838. The van der Waals surface area contributed by atoms with Gasteiger partial charge in [-0.25, -0.2) is 12.7 Å². The van der Waals surface area contributed by atoms with Crippen LogP contribution in [0.5, 0.6) is 0 Å². The molecule has 1 heterocycles. The fraction of sp³-hybridized carbons (Fsp3) is 0.333. The summed E-state index contributed by atoms with van der Waals surface area (Å²) in [6, 6.07) is 6.76. The van der Waals surface area contributed by atoms with E-state index in [4.69, 9.17) is 5.73 Å². The van der Waals surface area contributed by atoms with E-state index in [0.29, 0.717) is 18.8 Å². The van der Waals surface area contributed by atoms with E-state index in [-0.39, 0.29) is 10.8 Å². The number of nitrogens with two attached hydrogens (primary N) is 1. The Morgan fingerprint density at radius 1 is 1.30 bits per heavy atom. The van der Waals surface area contributed by atoms with Gasteiger partial charge in [-0.1, -0.05) is 17.7 Å². The van der Waals surface area contributed by atoms with Crippen LogP contribution in [0.3, 0.4) is 0 Å². The zero-order valence-corrected chi connectivity index (χ0v) is 12.2. The second-order valence-corrected chi connectivity index (χ2v) is 6.57. The molecule has 0 bridgehead atoms. The number of sulfonamides is 1. The maximum absolute atomic E-state index is 12.3. The van der Waals surface area contributed by atoms with Crippen molar-refractivity contribution in [1.82, 2.24) is 19.5 Å². The normalized spacial score (nSPS) is 11.9. The standard InChI is InChI=1S/C12H17N5O2S/c1-9-3-5-10(6-4-9)20(18,19)17(2)8-7-11-14-12(13)16-15-11/h3-6H,7-8H2,1-2H3,(H3,13,14,15,16). The van der Waals surface area contributed by atoms with Crippen LogP contribution in [-0.2, 0) is 16.4 Å². The van der Waals surface area contributed by atoms with E-state index in [9.17, 15) is 8.42 Å². The predicted molar refractivity (Wildman–Crippen MR) is 75.5 cm³/mol. The summed E-state index contributed by atoms with van der Waals surface area (Å²) in [5.74, 6) is 0.720. The number of rotatable bonds is 5. The highest BCUT2D eigenvalue weighted by Gasteiger charge is 2.20. The van der Waals surface area contributed by atoms with Crippen LogP contribution in [0.1, 0.15) is 11.4 Å². The van der Waals surface area contributed by atoms with Crippen molar-refractivity contribution in [2.24, 2.45) is 0 Å². The van der Waals surface area contributed by atoms with E-state index in [1.807, 2.05) is 6.92 Å². The van der Waals surface area contributed by atoms with Gasteiger partial charge in [-0.3, -0.25) is 5.10 Å². The van der Waals surface area contributed by atoms with Gasteiger partial charge in [0.15, 0.2) is 0 Å². The Hall–Kier alpha value is -1.93. The maximum Gasteiger partial charge on any atom is 0.242 e. The van der Waals surface area contributed by atoms with Crippen molar-refractivity contribution in [3.63, 3.8) is 0 Å². The number of likely N-dealkylation sites (N-methyl/N-ethyl adjacent to an activating group) is 1. The highest BCUT2D eigenvalue weighted by Crippen LogP contribution is 2.15. The summed E-state index contributed by atoms with van der Waals surface area (Å²) in [5, 5.41) is 6.35. The van der Waals surface area contributed by atoms with E-state index in [1.165, 1.54) is 11.4 Å². The Kier molecular flexibility index (Phi) is 4.05. The number of anilines is 1. The zero-order chi connectivity index (χ0) is 14.8. The number of aryl methyl sites for hydroxylation is 1. The first-order valence-corrected chi connectivity index (χ1v) is 7.53. The molecule has 0 saturated heterocycles. The molecular formula is C12H17N5O2S. The van der Waals surface area contributed by atoms with Gasteiger partial charge < -0.3 is 5.73 Å². The molecule has 20 heavy (non-hydrogen) atoms. The smallest absolute Gasteiger partial charge is 0.242 e. The van der Waals surface area contributed by atoms with E-state index in [1.54, 1.807) is 24.3 Å². The number of aromatic amines is 1. The Bertz CT molecular complexity index is 678. The largest absolute Gasteiger partial charge is 0.367 e. The molecule has 108 valence electrons. The maximum atomic E-state index is 12.3. The molecule has 0 saturated carbocycles. The van der Waals surface area contributed by atoms with Gasteiger partial charge in [0, 0.05) is 20.0 Å². The number of nitrogens with zero attached hydrogens (tertiary/aromatic N) is 3. The molecule has 0 atom stereocenters. The number of hydrogen-bond donors (Lipinski definition) is 2. The summed E-state index contributed by atoms with van der Waals surface area (Å²) in [7, 11) is -1.94. The van der Waals surface area contributed by atoms with Gasteiger partial charge in [0.2, 0.25) is 16.0 Å². The first kappa shape index (κ1) is 14.5. The molecule has 0 aliphatic rings. The minimum Gasteiger partial charge on any atom is -0.367 e.